The maximum absolute atomic E-state index is 13.9. The highest BCUT2D eigenvalue weighted by Crippen LogP contribution is 2.20. The number of carbonyl (C=O) groups is 2. The lowest BCUT2D eigenvalue weighted by atomic mass is 10.1. The molecule has 0 bridgehead atoms. The van der Waals surface area contributed by atoms with Crippen molar-refractivity contribution in [2.75, 3.05) is 12.4 Å². The average Bonchev–Trinajstić information content (AvgIpc) is 2.99. The van der Waals surface area contributed by atoms with Crippen LogP contribution in [0.15, 0.2) is 18.2 Å². The van der Waals surface area contributed by atoms with Crippen LogP contribution in [0.3, 0.4) is 0 Å². The molecule has 2 heterocycles. The van der Waals surface area contributed by atoms with E-state index < -0.39 is 29.1 Å². The van der Waals surface area contributed by atoms with E-state index in [1.165, 1.54) is 4.52 Å². The molecule has 27 heavy (non-hydrogen) atoms. The standard InChI is InChI=1S/C17H15F2N5O3/c1-8-4-9(2)24-17(20-8)22-14(23-24)7-15(25)21-13-5-10(16(26)27-3)11(18)6-12(13)19/h4-6H,7H2,1-3H3,(H,21,25). The molecule has 140 valence electrons. The zero-order valence-electron chi connectivity index (χ0n) is 14.7. The number of esters is 1. The van der Waals surface area contributed by atoms with Gasteiger partial charge >= 0.3 is 5.97 Å². The number of benzene rings is 1. The van der Waals surface area contributed by atoms with Crippen LogP contribution in [0.4, 0.5) is 14.5 Å². The maximum Gasteiger partial charge on any atom is 0.340 e. The van der Waals surface area contributed by atoms with Gasteiger partial charge < -0.3 is 10.1 Å². The monoisotopic (exact) mass is 375 g/mol. The van der Waals surface area contributed by atoms with Crippen LogP contribution >= 0.6 is 0 Å². The number of ether oxygens (including phenoxy) is 1. The number of amides is 1. The molecule has 2 aromatic heterocycles. The van der Waals surface area contributed by atoms with Crippen LogP contribution in [-0.2, 0) is 16.0 Å². The van der Waals surface area contributed by atoms with Crippen molar-refractivity contribution < 1.29 is 23.1 Å². The third-order valence-electron chi connectivity index (χ3n) is 3.72. The molecule has 0 atom stereocenters. The summed E-state index contributed by atoms with van der Waals surface area (Å²) in [5.74, 6) is -3.20. The fourth-order valence-corrected chi connectivity index (χ4v) is 2.53. The van der Waals surface area contributed by atoms with Crippen LogP contribution < -0.4 is 5.32 Å². The van der Waals surface area contributed by atoms with E-state index in [1.807, 2.05) is 19.9 Å². The predicted molar refractivity (Wildman–Crippen MR) is 90.3 cm³/mol. The smallest absolute Gasteiger partial charge is 0.340 e. The first-order chi connectivity index (χ1) is 12.8. The Hall–Kier alpha value is -3.43. The Morgan fingerprint density at radius 2 is 1.89 bits per heavy atom. The molecule has 0 fully saturated rings. The molecule has 3 aromatic rings. The van der Waals surface area contributed by atoms with Gasteiger partial charge in [0.15, 0.2) is 5.82 Å². The van der Waals surface area contributed by atoms with Crippen LogP contribution in [0.25, 0.3) is 5.78 Å². The first-order valence-electron chi connectivity index (χ1n) is 7.85. The van der Waals surface area contributed by atoms with Crippen molar-refractivity contribution >= 4 is 23.3 Å². The Kier molecular flexibility index (Phi) is 4.80. The van der Waals surface area contributed by atoms with E-state index in [2.05, 4.69) is 25.1 Å². The summed E-state index contributed by atoms with van der Waals surface area (Å²) in [7, 11) is 1.07. The van der Waals surface area contributed by atoms with Gasteiger partial charge in [0.1, 0.15) is 11.6 Å². The average molecular weight is 375 g/mol. The van der Waals surface area contributed by atoms with Gasteiger partial charge in [0.05, 0.1) is 24.8 Å². The van der Waals surface area contributed by atoms with Crippen LogP contribution in [0.2, 0.25) is 0 Å². The molecule has 0 saturated carbocycles. The number of anilines is 1. The van der Waals surface area contributed by atoms with Gasteiger partial charge in [0.25, 0.3) is 5.78 Å². The minimum Gasteiger partial charge on any atom is -0.465 e. The molecule has 3 rings (SSSR count). The first-order valence-corrected chi connectivity index (χ1v) is 7.85. The number of aromatic nitrogens is 4. The number of nitrogens with one attached hydrogen (secondary N) is 1. The Morgan fingerprint density at radius 3 is 2.59 bits per heavy atom. The van der Waals surface area contributed by atoms with E-state index in [4.69, 9.17) is 0 Å². The second kappa shape index (κ2) is 7.06. The van der Waals surface area contributed by atoms with Crippen molar-refractivity contribution in [2.24, 2.45) is 0 Å². The molecule has 8 nitrogen and oxygen atoms in total. The highest BCUT2D eigenvalue weighted by molar-refractivity contribution is 5.95. The topological polar surface area (TPSA) is 98.5 Å². The third-order valence-corrected chi connectivity index (χ3v) is 3.72. The van der Waals surface area contributed by atoms with Crippen molar-refractivity contribution in [3.05, 3.63) is 52.6 Å². The third kappa shape index (κ3) is 3.73. The van der Waals surface area contributed by atoms with Gasteiger partial charge in [-0.25, -0.2) is 23.1 Å². The van der Waals surface area contributed by atoms with Crippen LogP contribution in [0.5, 0.6) is 0 Å². The number of rotatable bonds is 4. The number of methoxy groups -OCH3 is 1. The lowest BCUT2D eigenvalue weighted by molar-refractivity contribution is -0.115. The Bertz CT molecular complexity index is 1060. The van der Waals surface area contributed by atoms with E-state index >= 15 is 0 Å². The van der Waals surface area contributed by atoms with E-state index in [1.54, 1.807) is 0 Å². The summed E-state index contributed by atoms with van der Waals surface area (Å²) in [5.41, 5.74) is 0.710. The lowest BCUT2D eigenvalue weighted by Gasteiger charge is -2.08. The highest BCUT2D eigenvalue weighted by Gasteiger charge is 2.19. The second-order valence-electron chi connectivity index (χ2n) is 5.81. The number of hydrogen-bond donors (Lipinski definition) is 1. The summed E-state index contributed by atoms with van der Waals surface area (Å²) in [6.45, 7) is 3.63. The Morgan fingerprint density at radius 1 is 1.15 bits per heavy atom. The number of aryl methyl sites for hydroxylation is 2. The molecule has 0 aliphatic rings. The van der Waals surface area contributed by atoms with Gasteiger partial charge in [0, 0.05) is 17.5 Å². The van der Waals surface area contributed by atoms with Crippen molar-refractivity contribution in [1.29, 1.82) is 0 Å². The van der Waals surface area contributed by atoms with E-state index in [0.29, 0.717) is 11.8 Å². The normalized spacial score (nSPS) is 10.9. The number of halogens is 2. The van der Waals surface area contributed by atoms with Crippen LogP contribution in [0, 0.1) is 25.5 Å². The van der Waals surface area contributed by atoms with Crippen molar-refractivity contribution in [2.45, 2.75) is 20.3 Å². The molecule has 0 aliphatic heterocycles. The van der Waals surface area contributed by atoms with Crippen molar-refractivity contribution in [3.8, 4) is 0 Å². The maximum atomic E-state index is 13.9. The van der Waals surface area contributed by atoms with Gasteiger partial charge in [-0.05, 0) is 26.0 Å². The zero-order chi connectivity index (χ0) is 19.7. The number of carbonyl (C=O) groups excluding carboxylic acids is 2. The quantitative estimate of drug-likeness (QED) is 0.700. The molecule has 0 aliphatic carbocycles. The molecular weight excluding hydrogens is 360 g/mol. The van der Waals surface area contributed by atoms with Gasteiger partial charge in [0.2, 0.25) is 5.91 Å². The Labute approximate surface area is 152 Å². The zero-order valence-corrected chi connectivity index (χ0v) is 14.7. The molecule has 0 unspecified atom stereocenters. The van der Waals surface area contributed by atoms with E-state index in [-0.39, 0.29) is 17.9 Å². The van der Waals surface area contributed by atoms with Crippen molar-refractivity contribution in [1.82, 2.24) is 19.6 Å². The SMILES string of the molecule is COC(=O)c1cc(NC(=O)Cc2nc3nc(C)cc(C)n3n2)c(F)cc1F. The fourth-order valence-electron chi connectivity index (χ4n) is 2.53. The minimum atomic E-state index is -1.09. The molecule has 1 aromatic carbocycles. The van der Waals surface area contributed by atoms with Crippen molar-refractivity contribution in [3.63, 3.8) is 0 Å². The fraction of sp³-hybridized carbons (Fsp3) is 0.235. The Balaban J connectivity index is 1.82. The van der Waals surface area contributed by atoms with E-state index in [9.17, 15) is 18.4 Å². The second-order valence-corrected chi connectivity index (χ2v) is 5.81. The van der Waals surface area contributed by atoms with Gasteiger partial charge in [-0.2, -0.15) is 4.98 Å². The summed E-state index contributed by atoms with van der Waals surface area (Å²) in [6.07, 6.45) is -0.258. The van der Waals surface area contributed by atoms with E-state index in [0.717, 1.165) is 24.6 Å². The summed E-state index contributed by atoms with van der Waals surface area (Å²) in [4.78, 5) is 32.1. The summed E-state index contributed by atoms with van der Waals surface area (Å²) in [6, 6.07) is 3.19. The first kappa shape index (κ1) is 18.4. The van der Waals surface area contributed by atoms with Crippen LogP contribution in [0.1, 0.15) is 27.6 Å². The number of nitrogens with zero attached hydrogens (tertiary/aromatic N) is 4. The molecule has 1 N–H and O–H groups in total. The minimum absolute atomic E-state index is 0.185. The molecule has 10 heteroatoms. The molecule has 1 amide bonds. The highest BCUT2D eigenvalue weighted by atomic mass is 19.1. The number of hydrogen-bond acceptors (Lipinski definition) is 6. The van der Waals surface area contributed by atoms with Gasteiger partial charge in [-0.15, -0.1) is 5.10 Å². The number of fused-ring (bicyclic) bond motifs is 1. The summed E-state index contributed by atoms with van der Waals surface area (Å²) in [5, 5.41) is 6.46. The lowest BCUT2D eigenvalue weighted by Crippen LogP contribution is -2.17. The predicted octanol–water partition coefficient (Wildman–Crippen LogP) is 1.99. The molecule has 0 radical (unpaired) electrons. The molecule has 0 spiro atoms. The van der Waals surface area contributed by atoms with Gasteiger partial charge in [-0.1, -0.05) is 0 Å². The van der Waals surface area contributed by atoms with Gasteiger partial charge in [-0.3, -0.25) is 4.79 Å². The molecular formula is C17H15F2N5O3. The summed E-state index contributed by atoms with van der Waals surface area (Å²) < 4.78 is 33.5. The summed E-state index contributed by atoms with van der Waals surface area (Å²) >= 11 is 0. The molecule has 0 saturated heterocycles. The largest absolute Gasteiger partial charge is 0.465 e. The van der Waals surface area contributed by atoms with Crippen LogP contribution in [-0.4, -0.2) is 38.6 Å².